The fourth-order valence-electron chi connectivity index (χ4n) is 3.41. The summed E-state index contributed by atoms with van der Waals surface area (Å²) in [6, 6.07) is 0.478. The number of urea groups is 1. The Morgan fingerprint density at radius 2 is 1.70 bits per heavy atom. The van der Waals surface area contributed by atoms with Gasteiger partial charge >= 0.3 is 12.0 Å². The van der Waals surface area contributed by atoms with Gasteiger partial charge in [-0.05, 0) is 25.7 Å². The first-order valence-electron chi connectivity index (χ1n) is 7.67. The molecule has 112 valence electrons. The summed E-state index contributed by atoms with van der Waals surface area (Å²) < 4.78 is 0. The van der Waals surface area contributed by atoms with Crippen molar-refractivity contribution in [3.63, 3.8) is 0 Å². The number of nitrogens with zero attached hydrogens (tertiary/aromatic N) is 2. The molecule has 0 radical (unpaired) electrons. The fourth-order valence-corrected chi connectivity index (χ4v) is 3.41. The number of aliphatic carboxylic acids is 1. The van der Waals surface area contributed by atoms with E-state index in [2.05, 4.69) is 10.2 Å². The van der Waals surface area contributed by atoms with Gasteiger partial charge in [0.25, 0.3) is 0 Å². The summed E-state index contributed by atoms with van der Waals surface area (Å²) >= 11 is 0. The third kappa shape index (κ3) is 2.90. The van der Waals surface area contributed by atoms with Gasteiger partial charge in [-0.2, -0.15) is 0 Å². The maximum absolute atomic E-state index is 12.2. The van der Waals surface area contributed by atoms with Crippen molar-refractivity contribution in [2.45, 2.75) is 44.2 Å². The molecule has 2 atom stereocenters. The standard InChI is InChI=1S/C14H23N3O3/c18-13(19)11-2-1-3-12(11)15-14(20)17-8-6-16(7-9-17)10-4-5-10/h10-12H,1-9H2,(H,15,20)(H,18,19). The molecule has 2 unspecified atom stereocenters. The molecule has 1 saturated heterocycles. The highest BCUT2D eigenvalue weighted by atomic mass is 16.4. The summed E-state index contributed by atoms with van der Waals surface area (Å²) in [4.78, 5) is 27.6. The Balaban J connectivity index is 1.48. The highest BCUT2D eigenvalue weighted by Crippen LogP contribution is 2.28. The van der Waals surface area contributed by atoms with Crippen LogP contribution in [0.4, 0.5) is 4.79 Å². The lowest BCUT2D eigenvalue weighted by Crippen LogP contribution is -2.54. The third-order valence-electron chi connectivity index (χ3n) is 4.81. The molecule has 3 rings (SSSR count). The number of carboxylic acid groups (broad SMARTS) is 1. The van der Waals surface area contributed by atoms with Gasteiger partial charge in [-0.3, -0.25) is 9.69 Å². The lowest BCUT2D eigenvalue weighted by atomic mass is 10.0. The van der Waals surface area contributed by atoms with E-state index in [0.717, 1.165) is 45.1 Å². The van der Waals surface area contributed by atoms with Crippen LogP contribution >= 0.6 is 0 Å². The Bertz CT molecular complexity index is 389. The second-order valence-corrected chi connectivity index (χ2v) is 6.19. The van der Waals surface area contributed by atoms with Crippen molar-refractivity contribution in [2.24, 2.45) is 5.92 Å². The molecule has 0 aromatic heterocycles. The van der Waals surface area contributed by atoms with Gasteiger partial charge in [-0.25, -0.2) is 4.79 Å². The topological polar surface area (TPSA) is 72.9 Å². The van der Waals surface area contributed by atoms with Crippen molar-refractivity contribution in [3.05, 3.63) is 0 Å². The Kier molecular flexibility index (Phi) is 3.83. The smallest absolute Gasteiger partial charge is 0.317 e. The SMILES string of the molecule is O=C(O)C1CCCC1NC(=O)N1CCN(C2CC2)CC1. The second-order valence-electron chi connectivity index (χ2n) is 6.19. The van der Waals surface area contributed by atoms with Gasteiger partial charge < -0.3 is 15.3 Å². The normalized spacial score (nSPS) is 31.3. The molecule has 20 heavy (non-hydrogen) atoms. The van der Waals surface area contributed by atoms with Gasteiger partial charge in [0.15, 0.2) is 0 Å². The molecule has 0 aromatic carbocycles. The number of carbonyl (C=O) groups excluding carboxylic acids is 1. The van der Waals surface area contributed by atoms with Crippen molar-refractivity contribution in [3.8, 4) is 0 Å². The van der Waals surface area contributed by atoms with Crippen LogP contribution in [-0.4, -0.2) is 65.2 Å². The second kappa shape index (κ2) is 5.60. The first-order valence-corrected chi connectivity index (χ1v) is 7.67. The molecular formula is C14H23N3O3. The number of nitrogens with one attached hydrogen (secondary N) is 1. The zero-order valence-corrected chi connectivity index (χ0v) is 11.8. The van der Waals surface area contributed by atoms with Crippen LogP contribution in [0.3, 0.4) is 0 Å². The van der Waals surface area contributed by atoms with Crippen LogP contribution < -0.4 is 5.32 Å². The number of amides is 2. The summed E-state index contributed by atoms with van der Waals surface area (Å²) in [6.07, 6.45) is 4.95. The van der Waals surface area contributed by atoms with Crippen molar-refractivity contribution in [2.75, 3.05) is 26.2 Å². The first kappa shape index (κ1) is 13.7. The van der Waals surface area contributed by atoms with Gasteiger partial charge in [0.2, 0.25) is 0 Å². The zero-order valence-electron chi connectivity index (χ0n) is 11.8. The molecule has 1 heterocycles. The van der Waals surface area contributed by atoms with Crippen LogP contribution in [0, 0.1) is 5.92 Å². The molecule has 2 aliphatic carbocycles. The number of hydrogen-bond donors (Lipinski definition) is 2. The Labute approximate surface area is 119 Å². The average Bonchev–Trinajstić information content (AvgIpc) is 3.19. The molecule has 0 bridgehead atoms. The minimum absolute atomic E-state index is 0.0846. The molecular weight excluding hydrogens is 258 g/mol. The fraction of sp³-hybridized carbons (Fsp3) is 0.857. The summed E-state index contributed by atoms with van der Waals surface area (Å²) in [5.41, 5.74) is 0. The van der Waals surface area contributed by atoms with E-state index < -0.39 is 11.9 Å². The molecule has 1 aliphatic heterocycles. The molecule has 2 saturated carbocycles. The van der Waals surface area contributed by atoms with Crippen LogP contribution in [0.25, 0.3) is 0 Å². The Morgan fingerprint density at radius 3 is 2.30 bits per heavy atom. The van der Waals surface area contributed by atoms with E-state index in [1.165, 1.54) is 12.8 Å². The van der Waals surface area contributed by atoms with E-state index in [0.29, 0.717) is 6.42 Å². The van der Waals surface area contributed by atoms with Gasteiger partial charge in [-0.15, -0.1) is 0 Å². The van der Waals surface area contributed by atoms with E-state index in [-0.39, 0.29) is 12.1 Å². The quantitative estimate of drug-likeness (QED) is 0.800. The summed E-state index contributed by atoms with van der Waals surface area (Å²) in [5, 5.41) is 12.1. The number of rotatable bonds is 3. The van der Waals surface area contributed by atoms with Crippen molar-refractivity contribution in [1.29, 1.82) is 0 Å². The number of hydrogen-bond acceptors (Lipinski definition) is 3. The van der Waals surface area contributed by atoms with Crippen LogP contribution in [0.15, 0.2) is 0 Å². The minimum atomic E-state index is -0.786. The molecule has 0 spiro atoms. The van der Waals surface area contributed by atoms with Crippen molar-refractivity contribution in [1.82, 2.24) is 15.1 Å². The van der Waals surface area contributed by atoms with Crippen LogP contribution in [0.1, 0.15) is 32.1 Å². The predicted molar refractivity (Wildman–Crippen MR) is 73.5 cm³/mol. The molecule has 0 aromatic rings. The molecule has 2 N–H and O–H groups in total. The summed E-state index contributed by atoms with van der Waals surface area (Å²) in [7, 11) is 0. The molecule has 6 nitrogen and oxygen atoms in total. The molecule has 2 amide bonds. The van der Waals surface area contributed by atoms with E-state index in [1.54, 1.807) is 0 Å². The van der Waals surface area contributed by atoms with Gasteiger partial charge in [-0.1, -0.05) is 6.42 Å². The van der Waals surface area contributed by atoms with E-state index in [4.69, 9.17) is 5.11 Å². The number of carbonyl (C=O) groups is 2. The Morgan fingerprint density at radius 1 is 1.00 bits per heavy atom. The van der Waals surface area contributed by atoms with E-state index >= 15 is 0 Å². The highest BCUT2D eigenvalue weighted by Gasteiger charge is 2.36. The van der Waals surface area contributed by atoms with Crippen LogP contribution in [0.5, 0.6) is 0 Å². The van der Waals surface area contributed by atoms with Gasteiger partial charge in [0.05, 0.1) is 5.92 Å². The van der Waals surface area contributed by atoms with Crippen molar-refractivity contribution < 1.29 is 14.7 Å². The van der Waals surface area contributed by atoms with Gasteiger partial charge in [0.1, 0.15) is 0 Å². The molecule has 3 fully saturated rings. The predicted octanol–water partition coefficient (Wildman–Crippen LogP) is 0.729. The highest BCUT2D eigenvalue weighted by molar-refractivity contribution is 5.77. The maximum Gasteiger partial charge on any atom is 0.317 e. The lowest BCUT2D eigenvalue weighted by molar-refractivity contribution is -0.142. The molecule has 3 aliphatic rings. The van der Waals surface area contributed by atoms with Crippen LogP contribution in [-0.2, 0) is 4.79 Å². The zero-order chi connectivity index (χ0) is 14.1. The number of piperazine rings is 1. The monoisotopic (exact) mass is 281 g/mol. The Hall–Kier alpha value is -1.30. The largest absolute Gasteiger partial charge is 0.481 e. The van der Waals surface area contributed by atoms with Crippen molar-refractivity contribution >= 4 is 12.0 Å². The summed E-state index contributed by atoms with van der Waals surface area (Å²) in [6.45, 7) is 3.41. The minimum Gasteiger partial charge on any atom is -0.481 e. The average molecular weight is 281 g/mol. The molecule has 6 heteroatoms. The van der Waals surface area contributed by atoms with Crippen LogP contribution in [0.2, 0.25) is 0 Å². The number of carboxylic acids is 1. The van der Waals surface area contributed by atoms with E-state index in [1.807, 2.05) is 4.90 Å². The third-order valence-corrected chi connectivity index (χ3v) is 4.81. The first-order chi connectivity index (χ1) is 9.65. The summed E-state index contributed by atoms with van der Waals surface area (Å²) in [5.74, 6) is -1.20. The lowest BCUT2D eigenvalue weighted by Gasteiger charge is -2.35. The van der Waals surface area contributed by atoms with Gasteiger partial charge in [0, 0.05) is 38.3 Å². The maximum atomic E-state index is 12.2. The van der Waals surface area contributed by atoms with E-state index in [9.17, 15) is 9.59 Å².